The summed E-state index contributed by atoms with van der Waals surface area (Å²) >= 11 is 0. The van der Waals surface area contributed by atoms with Crippen molar-refractivity contribution in [3.8, 4) is 6.07 Å². The Balaban J connectivity index is 1.41. The molecule has 0 spiro atoms. The third kappa shape index (κ3) is 5.60. The topological polar surface area (TPSA) is 90.3 Å². The second-order valence-corrected chi connectivity index (χ2v) is 8.54. The molecule has 0 saturated carbocycles. The number of nitriles is 1. The van der Waals surface area contributed by atoms with E-state index < -0.39 is 6.04 Å². The van der Waals surface area contributed by atoms with Gasteiger partial charge in [-0.1, -0.05) is 49.4 Å². The summed E-state index contributed by atoms with van der Waals surface area (Å²) in [7, 11) is 1.72. The highest BCUT2D eigenvalue weighted by Crippen LogP contribution is 2.23. The number of hydrogen-bond acceptors (Lipinski definition) is 6. The molecule has 1 unspecified atom stereocenters. The van der Waals surface area contributed by atoms with Crippen LogP contribution in [0.15, 0.2) is 72.9 Å². The molecule has 2 N–H and O–H groups in total. The molecule has 0 aliphatic carbocycles. The van der Waals surface area contributed by atoms with Crippen molar-refractivity contribution in [3.63, 3.8) is 0 Å². The fourth-order valence-electron chi connectivity index (χ4n) is 3.95. The molecule has 174 valence electrons. The second-order valence-electron chi connectivity index (χ2n) is 8.54. The average molecular weight is 456 g/mol. The smallest absolute Gasteiger partial charge is 0.247 e. The van der Waals surface area contributed by atoms with Crippen LogP contribution in [-0.2, 0) is 9.53 Å². The number of benzene rings is 2. The Labute approximate surface area is 200 Å². The SMILES string of the molecule is COC1CN(c2ccc(NC(=O)[C@@H](NCC(C)c3ccc(C#N)cc3)c3ccccc3)nc2)C1. The van der Waals surface area contributed by atoms with Gasteiger partial charge in [-0.3, -0.25) is 4.79 Å². The van der Waals surface area contributed by atoms with E-state index in [-0.39, 0.29) is 17.9 Å². The number of hydrogen-bond donors (Lipinski definition) is 2. The third-order valence-electron chi connectivity index (χ3n) is 6.18. The average Bonchev–Trinajstić information content (AvgIpc) is 2.85. The van der Waals surface area contributed by atoms with Crippen LogP contribution in [0.25, 0.3) is 0 Å². The number of rotatable bonds is 9. The van der Waals surface area contributed by atoms with Crippen LogP contribution in [0.3, 0.4) is 0 Å². The van der Waals surface area contributed by atoms with Crippen molar-refractivity contribution < 1.29 is 9.53 Å². The van der Waals surface area contributed by atoms with Gasteiger partial charge >= 0.3 is 0 Å². The zero-order valence-electron chi connectivity index (χ0n) is 19.4. The highest BCUT2D eigenvalue weighted by molar-refractivity contribution is 5.94. The maximum Gasteiger partial charge on any atom is 0.247 e. The highest BCUT2D eigenvalue weighted by atomic mass is 16.5. The molecule has 2 aromatic carbocycles. The van der Waals surface area contributed by atoms with E-state index in [0.717, 1.165) is 29.9 Å². The molecule has 2 heterocycles. The number of nitrogens with zero attached hydrogens (tertiary/aromatic N) is 3. The fourth-order valence-corrected chi connectivity index (χ4v) is 3.95. The summed E-state index contributed by atoms with van der Waals surface area (Å²) in [6.45, 7) is 4.39. The van der Waals surface area contributed by atoms with Gasteiger partial charge in [-0.15, -0.1) is 0 Å². The fraction of sp³-hybridized carbons (Fsp3) is 0.296. The molecule has 1 saturated heterocycles. The van der Waals surface area contributed by atoms with Crippen LogP contribution in [0, 0.1) is 11.3 Å². The van der Waals surface area contributed by atoms with Gasteiger partial charge in [0.05, 0.1) is 29.6 Å². The van der Waals surface area contributed by atoms with Gasteiger partial charge in [0.25, 0.3) is 0 Å². The minimum Gasteiger partial charge on any atom is -0.378 e. The molecule has 1 aliphatic rings. The number of pyridine rings is 1. The predicted molar refractivity (Wildman–Crippen MR) is 133 cm³/mol. The number of nitrogens with one attached hydrogen (secondary N) is 2. The number of anilines is 2. The summed E-state index contributed by atoms with van der Waals surface area (Å²) in [5.74, 6) is 0.513. The van der Waals surface area contributed by atoms with Crippen LogP contribution in [0.4, 0.5) is 11.5 Å². The lowest BCUT2D eigenvalue weighted by Crippen LogP contribution is -2.51. The van der Waals surface area contributed by atoms with Crippen molar-refractivity contribution in [3.05, 3.63) is 89.6 Å². The van der Waals surface area contributed by atoms with Crippen molar-refractivity contribution >= 4 is 17.4 Å². The van der Waals surface area contributed by atoms with Crippen molar-refractivity contribution in [2.75, 3.05) is 37.0 Å². The Bertz CT molecular complexity index is 1120. The van der Waals surface area contributed by atoms with Gasteiger partial charge in [-0.05, 0) is 41.3 Å². The minimum atomic E-state index is -0.527. The first-order valence-corrected chi connectivity index (χ1v) is 11.4. The molecule has 1 aliphatic heterocycles. The lowest BCUT2D eigenvalue weighted by Gasteiger charge is -2.39. The second kappa shape index (κ2) is 10.9. The van der Waals surface area contributed by atoms with Crippen LogP contribution in [0.5, 0.6) is 0 Å². The first-order valence-electron chi connectivity index (χ1n) is 11.4. The third-order valence-corrected chi connectivity index (χ3v) is 6.18. The van der Waals surface area contributed by atoms with Gasteiger partial charge in [0, 0.05) is 26.7 Å². The van der Waals surface area contributed by atoms with E-state index in [0.29, 0.717) is 17.9 Å². The molecule has 34 heavy (non-hydrogen) atoms. The Hall–Kier alpha value is -3.73. The first-order chi connectivity index (χ1) is 16.6. The number of amides is 1. The quantitative estimate of drug-likeness (QED) is 0.509. The highest BCUT2D eigenvalue weighted by Gasteiger charge is 2.27. The van der Waals surface area contributed by atoms with Gasteiger partial charge in [0.2, 0.25) is 5.91 Å². The van der Waals surface area contributed by atoms with Gasteiger partial charge in [0.15, 0.2) is 0 Å². The van der Waals surface area contributed by atoms with E-state index >= 15 is 0 Å². The summed E-state index contributed by atoms with van der Waals surface area (Å²) < 4.78 is 5.32. The molecule has 3 aromatic rings. The van der Waals surface area contributed by atoms with Crippen molar-refractivity contribution in [2.24, 2.45) is 0 Å². The Morgan fingerprint density at radius 2 is 1.85 bits per heavy atom. The summed E-state index contributed by atoms with van der Waals surface area (Å²) in [5.41, 5.74) is 3.64. The molecular formula is C27H29N5O2. The molecule has 1 amide bonds. The molecule has 1 fully saturated rings. The molecule has 4 rings (SSSR count). The van der Waals surface area contributed by atoms with Gasteiger partial charge in [-0.25, -0.2) is 4.98 Å². The largest absolute Gasteiger partial charge is 0.378 e. The van der Waals surface area contributed by atoms with Gasteiger partial charge in [-0.2, -0.15) is 5.26 Å². The monoisotopic (exact) mass is 455 g/mol. The molecule has 7 heteroatoms. The van der Waals surface area contributed by atoms with Crippen LogP contribution in [-0.4, -0.2) is 43.7 Å². The predicted octanol–water partition coefficient (Wildman–Crippen LogP) is 3.86. The van der Waals surface area contributed by atoms with Crippen molar-refractivity contribution in [1.29, 1.82) is 5.26 Å². The summed E-state index contributed by atoms with van der Waals surface area (Å²) in [4.78, 5) is 19.9. The van der Waals surface area contributed by atoms with Crippen molar-refractivity contribution in [2.45, 2.75) is 25.0 Å². The Kier molecular flexibility index (Phi) is 7.53. The molecule has 7 nitrogen and oxygen atoms in total. The summed E-state index contributed by atoms with van der Waals surface area (Å²) in [6, 6.07) is 22.6. The van der Waals surface area contributed by atoms with Crippen LogP contribution >= 0.6 is 0 Å². The van der Waals surface area contributed by atoms with E-state index in [1.165, 1.54) is 0 Å². The number of carbonyl (C=O) groups excluding carboxylic acids is 1. The Morgan fingerprint density at radius 3 is 2.47 bits per heavy atom. The number of aromatic nitrogens is 1. The first kappa shape index (κ1) is 23.4. The van der Waals surface area contributed by atoms with E-state index in [9.17, 15) is 4.79 Å². The van der Waals surface area contributed by atoms with E-state index in [1.807, 2.05) is 66.7 Å². The van der Waals surface area contributed by atoms with Crippen LogP contribution in [0.2, 0.25) is 0 Å². The number of carbonyl (C=O) groups is 1. The van der Waals surface area contributed by atoms with Gasteiger partial charge < -0.3 is 20.3 Å². The Morgan fingerprint density at radius 1 is 1.12 bits per heavy atom. The van der Waals surface area contributed by atoms with Crippen molar-refractivity contribution in [1.82, 2.24) is 10.3 Å². The lowest BCUT2D eigenvalue weighted by molar-refractivity contribution is -0.118. The van der Waals surface area contributed by atoms with Crippen LogP contribution in [0.1, 0.15) is 35.6 Å². The molecule has 0 bridgehead atoms. The van der Waals surface area contributed by atoms with E-state index in [2.05, 4.69) is 33.5 Å². The minimum absolute atomic E-state index is 0.164. The maximum absolute atomic E-state index is 13.2. The standard InChI is InChI=1S/C27H29N5O2/c1-19(21-10-8-20(14-28)9-11-21)15-30-26(22-6-4-3-5-7-22)27(33)31-25-13-12-23(16-29-25)32-17-24(18-32)34-2/h3-13,16,19,24,26,30H,15,17-18H2,1-2H3,(H,29,31,33)/t19?,26-/m0/s1. The summed E-state index contributed by atoms with van der Waals surface area (Å²) in [6.07, 6.45) is 2.04. The zero-order valence-corrected chi connectivity index (χ0v) is 19.4. The zero-order chi connectivity index (χ0) is 23.9. The molecular weight excluding hydrogens is 426 g/mol. The lowest BCUT2D eigenvalue weighted by atomic mass is 9.98. The maximum atomic E-state index is 13.2. The molecule has 0 radical (unpaired) electrons. The normalized spacial score (nSPS) is 15.1. The summed E-state index contributed by atoms with van der Waals surface area (Å²) in [5, 5.41) is 15.4. The molecule has 2 atom stereocenters. The van der Waals surface area contributed by atoms with E-state index in [1.54, 1.807) is 13.3 Å². The molecule has 1 aromatic heterocycles. The van der Waals surface area contributed by atoms with Crippen LogP contribution < -0.4 is 15.5 Å². The van der Waals surface area contributed by atoms with Gasteiger partial charge in [0.1, 0.15) is 11.9 Å². The number of methoxy groups -OCH3 is 1. The number of ether oxygens (including phenoxy) is 1. The van der Waals surface area contributed by atoms with E-state index in [4.69, 9.17) is 10.00 Å².